The predicted molar refractivity (Wildman–Crippen MR) is 83.8 cm³/mol. The van der Waals surface area contributed by atoms with E-state index in [1.165, 1.54) is 11.1 Å². The van der Waals surface area contributed by atoms with Crippen molar-refractivity contribution in [3.05, 3.63) is 65.2 Å². The summed E-state index contributed by atoms with van der Waals surface area (Å²) in [7, 11) is 0. The fourth-order valence-corrected chi connectivity index (χ4v) is 2.12. The molecule has 0 radical (unpaired) electrons. The summed E-state index contributed by atoms with van der Waals surface area (Å²) in [6.45, 7) is 8.14. The first-order valence-corrected chi connectivity index (χ1v) is 7.04. The smallest absolute Gasteiger partial charge is 0.120 e. The number of aromatic hydroxyl groups is 1. The summed E-state index contributed by atoms with van der Waals surface area (Å²) < 4.78 is 0. The van der Waals surface area contributed by atoms with Crippen LogP contribution in [0.25, 0.3) is 0 Å². The van der Waals surface area contributed by atoms with Gasteiger partial charge in [0, 0.05) is 18.7 Å². The first-order chi connectivity index (χ1) is 9.47. The zero-order chi connectivity index (χ0) is 14.6. The molecule has 0 atom stereocenters. The van der Waals surface area contributed by atoms with Crippen molar-refractivity contribution >= 4 is 0 Å². The van der Waals surface area contributed by atoms with E-state index in [9.17, 15) is 5.11 Å². The van der Waals surface area contributed by atoms with Gasteiger partial charge in [0.2, 0.25) is 0 Å². The zero-order valence-corrected chi connectivity index (χ0v) is 12.5. The molecular formula is C18H23NO. The Morgan fingerprint density at radius 1 is 0.900 bits per heavy atom. The largest absolute Gasteiger partial charge is 0.508 e. The molecule has 2 aromatic rings. The Kier molecular flexibility index (Phi) is 4.46. The summed E-state index contributed by atoms with van der Waals surface area (Å²) in [5.41, 5.74) is 3.73. The lowest BCUT2D eigenvalue weighted by Crippen LogP contribution is -2.14. The molecule has 0 spiro atoms. The molecule has 0 aromatic heterocycles. The number of rotatable bonds is 4. The van der Waals surface area contributed by atoms with E-state index in [1.807, 2.05) is 18.2 Å². The second-order valence-corrected chi connectivity index (χ2v) is 6.18. The van der Waals surface area contributed by atoms with Crippen LogP contribution in [0.2, 0.25) is 0 Å². The van der Waals surface area contributed by atoms with Gasteiger partial charge in [-0.1, -0.05) is 63.2 Å². The number of hydrogen-bond acceptors (Lipinski definition) is 2. The number of benzene rings is 2. The van der Waals surface area contributed by atoms with E-state index in [4.69, 9.17) is 0 Å². The first-order valence-electron chi connectivity index (χ1n) is 7.04. The topological polar surface area (TPSA) is 32.3 Å². The van der Waals surface area contributed by atoms with Crippen molar-refractivity contribution in [1.82, 2.24) is 5.32 Å². The summed E-state index contributed by atoms with van der Waals surface area (Å²) in [6, 6.07) is 16.1. The molecule has 106 valence electrons. The maximum Gasteiger partial charge on any atom is 0.120 e. The summed E-state index contributed by atoms with van der Waals surface area (Å²) in [6.07, 6.45) is 0. The standard InChI is InChI=1S/C18H23NO/c1-18(2,3)16-10-8-14(9-11-16)12-19-13-15-6-4-5-7-17(15)20/h4-11,19-20H,12-13H2,1-3H3. The van der Waals surface area contributed by atoms with Crippen LogP contribution in [0.4, 0.5) is 0 Å². The average molecular weight is 269 g/mol. The average Bonchev–Trinajstić information content (AvgIpc) is 2.40. The molecule has 0 aliphatic carbocycles. The Hall–Kier alpha value is -1.80. The van der Waals surface area contributed by atoms with Gasteiger partial charge in [0.05, 0.1) is 0 Å². The molecule has 2 N–H and O–H groups in total. The van der Waals surface area contributed by atoms with Gasteiger partial charge in [-0.3, -0.25) is 0 Å². The highest BCUT2D eigenvalue weighted by Crippen LogP contribution is 2.22. The number of hydrogen-bond donors (Lipinski definition) is 2. The van der Waals surface area contributed by atoms with Crippen LogP contribution in [-0.4, -0.2) is 5.11 Å². The van der Waals surface area contributed by atoms with Gasteiger partial charge < -0.3 is 10.4 Å². The Morgan fingerprint density at radius 2 is 1.55 bits per heavy atom. The molecule has 2 nitrogen and oxygen atoms in total. The molecule has 0 saturated heterocycles. The highest BCUT2D eigenvalue weighted by molar-refractivity contribution is 5.32. The van der Waals surface area contributed by atoms with Gasteiger partial charge >= 0.3 is 0 Å². The molecule has 2 heteroatoms. The van der Waals surface area contributed by atoms with Crippen molar-refractivity contribution in [2.45, 2.75) is 39.3 Å². The van der Waals surface area contributed by atoms with Crippen LogP contribution in [0.1, 0.15) is 37.5 Å². The number of nitrogens with one attached hydrogen (secondary N) is 1. The van der Waals surface area contributed by atoms with Crippen molar-refractivity contribution < 1.29 is 5.11 Å². The van der Waals surface area contributed by atoms with Gasteiger partial charge in [-0.2, -0.15) is 0 Å². The van der Waals surface area contributed by atoms with Crippen molar-refractivity contribution in [3.8, 4) is 5.75 Å². The van der Waals surface area contributed by atoms with Gasteiger partial charge in [0.15, 0.2) is 0 Å². The lowest BCUT2D eigenvalue weighted by molar-refractivity contribution is 0.464. The molecule has 0 saturated carbocycles. The van der Waals surface area contributed by atoms with E-state index in [2.05, 4.69) is 50.4 Å². The van der Waals surface area contributed by atoms with Crippen LogP contribution >= 0.6 is 0 Å². The Balaban J connectivity index is 1.90. The van der Waals surface area contributed by atoms with Gasteiger partial charge in [-0.25, -0.2) is 0 Å². The molecular weight excluding hydrogens is 246 g/mol. The van der Waals surface area contributed by atoms with E-state index < -0.39 is 0 Å². The van der Waals surface area contributed by atoms with Crippen LogP contribution in [-0.2, 0) is 18.5 Å². The third-order valence-corrected chi connectivity index (χ3v) is 3.46. The lowest BCUT2D eigenvalue weighted by atomic mass is 9.87. The molecule has 0 aliphatic rings. The van der Waals surface area contributed by atoms with Crippen LogP contribution in [0, 0.1) is 0 Å². The fourth-order valence-electron chi connectivity index (χ4n) is 2.12. The second-order valence-electron chi connectivity index (χ2n) is 6.18. The Labute approximate surface area is 121 Å². The van der Waals surface area contributed by atoms with Crippen LogP contribution < -0.4 is 5.32 Å². The zero-order valence-electron chi connectivity index (χ0n) is 12.5. The third-order valence-electron chi connectivity index (χ3n) is 3.46. The van der Waals surface area contributed by atoms with Crippen LogP contribution in [0.15, 0.2) is 48.5 Å². The number of phenols is 1. The van der Waals surface area contributed by atoms with Crippen molar-refractivity contribution in [2.75, 3.05) is 0 Å². The Morgan fingerprint density at radius 3 is 2.15 bits per heavy atom. The monoisotopic (exact) mass is 269 g/mol. The van der Waals surface area contributed by atoms with Gasteiger partial charge in [0.1, 0.15) is 5.75 Å². The van der Waals surface area contributed by atoms with Crippen LogP contribution in [0.5, 0.6) is 5.75 Å². The molecule has 0 amide bonds. The quantitative estimate of drug-likeness (QED) is 0.880. The summed E-state index contributed by atoms with van der Waals surface area (Å²) >= 11 is 0. The van der Waals surface area contributed by atoms with E-state index in [0.717, 1.165) is 12.1 Å². The van der Waals surface area contributed by atoms with Crippen molar-refractivity contribution in [2.24, 2.45) is 0 Å². The molecule has 0 aliphatic heterocycles. The maximum absolute atomic E-state index is 9.69. The van der Waals surface area contributed by atoms with E-state index >= 15 is 0 Å². The summed E-state index contributed by atoms with van der Waals surface area (Å²) in [4.78, 5) is 0. The third kappa shape index (κ3) is 3.84. The Bertz CT molecular complexity index is 552. The van der Waals surface area contributed by atoms with Crippen molar-refractivity contribution in [1.29, 1.82) is 0 Å². The normalized spacial score (nSPS) is 11.6. The van der Waals surface area contributed by atoms with E-state index in [1.54, 1.807) is 6.07 Å². The van der Waals surface area contributed by atoms with Crippen LogP contribution in [0.3, 0.4) is 0 Å². The lowest BCUT2D eigenvalue weighted by Gasteiger charge is -2.19. The highest BCUT2D eigenvalue weighted by atomic mass is 16.3. The molecule has 2 aromatic carbocycles. The van der Waals surface area contributed by atoms with E-state index in [0.29, 0.717) is 12.3 Å². The molecule has 0 fully saturated rings. The highest BCUT2D eigenvalue weighted by Gasteiger charge is 2.12. The summed E-state index contributed by atoms with van der Waals surface area (Å²) in [5, 5.41) is 13.1. The fraction of sp³-hybridized carbons (Fsp3) is 0.333. The van der Waals surface area contributed by atoms with E-state index in [-0.39, 0.29) is 5.41 Å². The van der Waals surface area contributed by atoms with Gasteiger partial charge in [0.25, 0.3) is 0 Å². The maximum atomic E-state index is 9.69. The summed E-state index contributed by atoms with van der Waals surface area (Å²) in [5.74, 6) is 0.350. The minimum Gasteiger partial charge on any atom is -0.508 e. The molecule has 0 heterocycles. The minimum atomic E-state index is 0.196. The SMILES string of the molecule is CC(C)(C)c1ccc(CNCc2ccccc2O)cc1. The number of phenolic OH excluding ortho intramolecular Hbond substituents is 1. The minimum absolute atomic E-state index is 0.196. The van der Waals surface area contributed by atoms with Crippen molar-refractivity contribution in [3.63, 3.8) is 0 Å². The molecule has 20 heavy (non-hydrogen) atoms. The molecule has 0 bridgehead atoms. The van der Waals surface area contributed by atoms with Gasteiger partial charge in [-0.05, 0) is 22.6 Å². The number of para-hydroxylation sites is 1. The molecule has 2 rings (SSSR count). The van der Waals surface area contributed by atoms with Gasteiger partial charge in [-0.15, -0.1) is 0 Å². The predicted octanol–water partition coefficient (Wildman–Crippen LogP) is 3.98. The first kappa shape index (κ1) is 14.6. The molecule has 0 unspecified atom stereocenters. The second kappa shape index (κ2) is 6.10.